The smallest absolute Gasteiger partial charge is 0.408 e. The summed E-state index contributed by atoms with van der Waals surface area (Å²) in [4.78, 5) is 11.6. The fraction of sp³-hybridized carbons (Fsp3) is 0.235. The van der Waals surface area contributed by atoms with Gasteiger partial charge in [-0.05, 0) is 50.7 Å². The predicted octanol–water partition coefficient (Wildman–Crippen LogP) is 1.63. The SMILES string of the molecule is CCn1c(=O)oc2cc(S(=O)(=O)Nc3cc(S(=O)(=O)NC)ccc3C)ccc21. The van der Waals surface area contributed by atoms with E-state index in [-0.39, 0.29) is 21.1 Å². The molecule has 0 radical (unpaired) electrons. The summed E-state index contributed by atoms with van der Waals surface area (Å²) < 4.78 is 60.6. The molecule has 28 heavy (non-hydrogen) atoms. The molecule has 150 valence electrons. The number of oxazole rings is 1. The van der Waals surface area contributed by atoms with Crippen molar-refractivity contribution in [3.05, 3.63) is 52.5 Å². The van der Waals surface area contributed by atoms with E-state index < -0.39 is 25.8 Å². The molecule has 2 aromatic carbocycles. The van der Waals surface area contributed by atoms with Crippen LogP contribution >= 0.6 is 0 Å². The topological polar surface area (TPSA) is 127 Å². The number of benzene rings is 2. The van der Waals surface area contributed by atoms with Gasteiger partial charge in [-0.3, -0.25) is 9.29 Å². The van der Waals surface area contributed by atoms with Crippen LogP contribution in [0.2, 0.25) is 0 Å². The molecule has 1 heterocycles. The molecule has 0 unspecified atom stereocenters. The fourth-order valence-electron chi connectivity index (χ4n) is 2.71. The normalized spacial score (nSPS) is 12.4. The van der Waals surface area contributed by atoms with Gasteiger partial charge in [0.2, 0.25) is 10.0 Å². The Kier molecular flexibility index (Phi) is 5.08. The highest BCUT2D eigenvalue weighted by Crippen LogP contribution is 2.25. The Bertz CT molecular complexity index is 1320. The third kappa shape index (κ3) is 3.55. The Hall–Kier alpha value is -2.63. The highest BCUT2D eigenvalue weighted by Gasteiger charge is 2.20. The summed E-state index contributed by atoms with van der Waals surface area (Å²) in [6, 6.07) is 8.24. The van der Waals surface area contributed by atoms with Gasteiger partial charge in [-0.2, -0.15) is 0 Å². The highest BCUT2D eigenvalue weighted by molar-refractivity contribution is 7.92. The maximum absolute atomic E-state index is 12.8. The number of sulfonamides is 2. The molecule has 2 N–H and O–H groups in total. The largest absolute Gasteiger partial charge is 0.419 e. The first kappa shape index (κ1) is 20.1. The van der Waals surface area contributed by atoms with Crippen LogP contribution in [0.3, 0.4) is 0 Å². The van der Waals surface area contributed by atoms with Crippen molar-refractivity contribution in [3.63, 3.8) is 0 Å². The first-order valence-corrected chi connectivity index (χ1v) is 11.3. The second-order valence-electron chi connectivity index (χ2n) is 6.03. The van der Waals surface area contributed by atoms with Crippen LogP contribution in [0, 0.1) is 6.92 Å². The molecule has 0 saturated heterocycles. The molecule has 0 spiro atoms. The maximum atomic E-state index is 12.8. The van der Waals surface area contributed by atoms with Crippen LogP contribution in [-0.2, 0) is 26.6 Å². The number of aryl methyl sites for hydroxylation is 2. The van der Waals surface area contributed by atoms with Gasteiger partial charge in [-0.1, -0.05) is 6.07 Å². The Balaban J connectivity index is 2.04. The number of anilines is 1. The molecule has 1 aromatic heterocycles. The summed E-state index contributed by atoms with van der Waals surface area (Å²) in [6.07, 6.45) is 0. The third-order valence-corrected chi connectivity index (χ3v) is 7.07. The lowest BCUT2D eigenvalue weighted by molar-refractivity contribution is 0.512. The predicted molar refractivity (Wildman–Crippen MR) is 104 cm³/mol. The van der Waals surface area contributed by atoms with Crippen LogP contribution in [0.25, 0.3) is 11.1 Å². The fourth-order valence-corrected chi connectivity index (χ4v) is 4.61. The summed E-state index contributed by atoms with van der Waals surface area (Å²) >= 11 is 0. The number of rotatable bonds is 6. The van der Waals surface area contributed by atoms with Crippen LogP contribution in [0.4, 0.5) is 5.69 Å². The number of nitrogens with one attached hydrogen (secondary N) is 2. The summed E-state index contributed by atoms with van der Waals surface area (Å²) in [5, 5.41) is 0. The van der Waals surface area contributed by atoms with Crippen molar-refractivity contribution < 1.29 is 21.3 Å². The van der Waals surface area contributed by atoms with Crippen molar-refractivity contribution in [2.45, 2.75) is 30.2 Å². The van der Waals surface area contributed by atoms with Gasteiger partial charge in [-0.15, -0.1) is 0 Å². The number of hydrogen-bond donors (Lipinski definition) is 2. The molecule has 0 bridgehead atoms. The lowest BCUT2D eigenvalue weighted by atomic mass is 10.2. The minimum absolute atomic E-state index is 0.0697. The molecule has 0 aliphatic heterocycles. The van der Waals surface area contributed by atoms with E-state index in [1.54, 1.807) is 13.8 Å². The van der Waals surface area contributed by atoms with E-state index >= 15 is 0 Å². The second kappa shape index (κ2) is 7.08. The van der Waals surface area contributed by atoms with Gasteiger partial charge in [0.15, 0.2) is 5.58 Å². The van der Waals surface area contributed by atoms with E-state index in [4.69, 9.17) is 4.42 Å². The first-order chi connectivity index (χ1) is 13.1. The molecule has 9 nitrogen and oxygen atoms in total. The Morgan fingerprint density at radius 3 is 2.29 bits per heavy atom. The van der Waals surface area contributed by atoms with Gasteiger partial charge in [0.25, 0.3) is 10.0 Å². The van der Waals surface area contributed by atoms with Crippen molar-refractivity contribution in [1.29, 1.82) is 0 Å². The van der Waals surface area contributed by atoms with E-state index in [9.17, 15) is 21.6 Å². The molecular weight excluding hydrogens is 406 g/mol. The maximum Gasteiger partial charge on any atom is 0.419 e. The average Bonchev–Trinajstić information content (AvgIpc) is 2.97. The molecule has 3 aromatic rings. The lowest BCUT2D eigenvalue weighted by Gasteiger charge is -2.12. The molecular formula is C17H19N3O6S2. The first-order valence-electron chi connectivity index (χ1n) is 8.29. The van der Waals surface area contributed by atoms with Gasteiger partial charge in [0, 0.05) is 12.6 Å². The lowest BCUT2D eigenvalue weighted by Crippen LogP contribution is -2.19. The number of aromatic nitrogens is 1. The van der Waals surface area contributed by atoms with E-state index in [2.05, 4.69) is 9.44 Å². The van der Waals surface area contributed by atoms with E-state index in [1.165, 1.54) is 48.0 Å². The van der Waals surface area contributed by atoms with Crippen molar-refractivity contribution in [1.82, 2.24) is 9.29 Å². The van der Waals surface area contributed by atoms with Crippen LogP contribution in [0.5, 0.6) is 0 Å². The average molecular weight is 425 g/mol. The molecule has 0 amide bonds. The summed E-state index contributed by atoms with van der Waals surface area (Å²) in [5.74, 6) is -0.569. The molecule has 0 atom stereocenters. The Morgan fingerprint density at radius 2 is 1.64 bits per heavy atom. The summed E-state index contributed by atoms with van der Waals surface area (Å²) in [6.45, 7) is 3.82. The monoisotopic (exact) mass is 425 g/mol. The van der Waals surface area contributed by atoms with Gasteiger partial charge in [0.05, 0.1) is 21.0 Å². The van der Waals surface area contributed by atoms with Gasteiger partial charge in [-0.25, -0.2) is 26.4 Å². The Morgan fingerprint density at radius 1 is 1.00 bits per heavy atom. The Labute approximate surface area is 162 Å². The number of hydrogen-bond acceptors (Lipinski definition) is 6. The third-order valence-electron chi connectivity index (χ3n) is 4.30. The highest BCUT2D eigenvalue weighted by atomic mass is 32.2. The van der Waals surface area contributed by atoms with Crippen LogP contribution in [-0.4, -0.2) is 28.5 Å². The van der Waals surface area contributed by atoms with Crippen LogP contribution in [0.15, 0.2) is 55.4 Å². The zero-order chi connectivity index (χ0) is 20.7. The van der Waals surface area contributed by atoms with E-state index in [1.807, 2.05) is 0 Å². The number of fused-ring (bicyclic) bond motifs is 1. The minimum atomic E-state index is -4.04. The quantitative estimate of drug-likeness (QED) is 0.618. The molecule has 11 heteroatoms. The molecule has 0 aliphatic rings. The standard InChI is InChI=1S/C17H19N3O6S2/c1-4-20-15-8-7-13(10-16(15)26-17(20)21)28(24,25)19-14-9-12(6-5-11(14)2)27(22,23)18-3/h5-10,18-19H,4H2,1-3H3. The molecule has 0 fully saturated rings. The van der Waals surface area contributed by atoms with Crippen molar-refractivity contribution >= 4 is 36.8 Å². The molecule has 0 aliphatic carbocycles. The zero-order valence-electron chi connectivity index (χ0n) is 15.4. The van der Waals surface area contributed by atoms with Gasteiger partial charge >= 0.3 is 5.76 Å². The van der Waals surface area contributed by atoms with Crippen molar-refractivity contribution in [2.75, 3.05) is 11.8 Å². The summed E-state index contributed by atoms with van der Waals surface area (Å²) in [5.41, 5.74) is 1.31. The van der Waals surface area contributed by atoms with E-state index in [0.717, 1.165) is 0 Å². The summed E-state index contributed by atoms with van der Waals surface area (Å²) in [7, 11) is -6.50. The molecule has 3 rings (SSSR count). The van der Waals surface area contributed by atoms with Crippen molar-refractivity contribution in [3.8, 4) is 0 Å². The molecule has 0 saturated carbocycles. The zero-order valence-corrected chi connectivity index (χ0v) is 17.0. The van der Waals surface area contributed by atoms with Crippen LogP contribution in [0.1, 0.15) is 12.5 Å². The minimum Gasteiger partial charge on any atom is -0.408 e. The van der Waals surface area contributed by atoms with Gasteiger partial charge < -0.3 is 4.42 Å². The number of nitrogens with zero attached hydrogens (tertiary/aromatic N) is 1. The van der Waals surface area contributed by atoms with Crippen LogP contribution < -0.4 is 15.2 Å². The van der Waals surface area contributed by atoms with Gasteiger partial charge in [0.1, 0.15) is 0 Å². The van der Waals surface area contributed by atoms with E-state index in [0.29, 0.717) is 17.6 Å². The van der Waals surface area contributed by atoms with Crippen molar-refractivity contribution in [2.24, 2.45) is 0 Å². The second-order valence-corrected chi connectivity index (χ2v) is 9.60.